The van der Waals surface area contributed by atoms with Gasteiger partial charge in [0.2, 0.25) is 0 Å². The zero-order valence-corrected chi connectivity index (χ0v) is 10.4. The molecule has 1 nitrogen and oxygen atoms in total. The van der Waals surface area contributed by atoms with Crippen LogP contribution in [0, 0.1) is 6.92 Å². The first-order valence-corrected chi connectivity index (χ1v) is 6.10. The number of nitrogens with zero attached hydrogens (tertiary/aromatic N) is 1. The molecule has 0 radical (unpaired) electrons. The fraction of sp³-hybridized carbons (Fsp3) is 0.250. The first-order chi connectivity index (χ1) is 8.24. The van der Waals surface area contributed by atoms with Crippen LogP contribution >= 0.6 is 0 Å². The van der Waals surface area contributed by atoms with Gasteiger partial charge in [-0.1, -0.05) is 36.4 Å². The van der Waals surface area contributed by atoms with Gasteiger partial charge in [0.1, 0.15) is 0 Å². The van der Waals surface area contributed by atoms with E-state index in [0.717, 1.165) is 13.1 Å². The SMILES string of the molecule is Cc1ccccc1-c1ccc2c(c1)CN(C)C2. The van der Waals surface area contributed by atoms with Gasteiger partial charge in [-0.15, -0.1) is 0 Å². The highest BCUT2D eigenvalue weighted by atomic mass is 15.1. The molecule has 2 aromatic carbocycles. The van der Waals surface area contributed by atoms with Crippen LogP contribution in [0.2, 0.25) is 0 Å². The molecule has 17 heavy (non-hydrogen) atoms. The second-order valence-corrected chi connectivity index (χ2v) is 4.97. The first kappa shape index (κ1) is 10.5. The average molecular weight is 223 g/mol. The van der Waals surface area contributed by atoms with E-state index in [1.54, 1.807) is 0 Å². The second-order valence-electron chi connectivity index (χ2n) is 4.97. The Labute approximate surface area is 103 Å². The molecule has 1 heterocycles. The molecule has 1 aliphatic rings. The van der Waals surface area contributed by atoms with Crippen molar-refractivity contribution in [3.63, 3.8) is 0 Å². The van der Waals surface area contributed by atoms with Crippen molar-refractivity contribution < 1.29 is 0 Å². The van der Waals surface area contributed by atoms with Crippen molar-refractivity contribution in [1.29, 1.82) is 0 Å². The highest BCUT2D eigenvalue weighted by Gasteiger charge is 2.15. The summed E-state index contributed by atoms with van der Waals surface area (Å²) in [4.78, 5) is 2.35. The highest BCUT2D eigenvalue weighted by molar-refractivity contribution is 5.68. The molecule has 0 bridgehead atoms. The van der Waals surface area contributed by atoms with Gasteiger partial charge in [0.15, 0.2) is 0 Å². The summed E-state index contributed by atoms with van der Waals surface area (Å²) in [6.07, 6.45) is 0. The van der Waals surface area contributed by atoms with E-state index in [-0.39, 0.29) is 0 Å². The number of hydrogen-bond donors (Lipinski definition) is 0. The van der Waals surface area contributed by atoms with Gasteiger partial charge in [0.05, 0.1) is 0 Å². The van der Waals surface area contributed by atoms with Gasteiger partial charge in [-0.2, -0.15) is 0 Å². The molecule has 0 fully saturated rings. The van der Waals surface area contributed by atoms with Crippen LogP contribution in [0.5, 0.6) is 0 Å². The van der Waals surface area contributed by atoms with Crippen LogP contribution in [0.25, 0.3) is 11.1 Å². The van der Waals surface area contributed by atoms with Crippen LogP contribution in [-0.4, -0.2) is 11.9 Å². The molecule has 0 saturated heterocycles. The molecule has 0 N–H and O–H groups in total. The molecule has 1 heteroatoms. The predicted octanol–water partition coefficient (Wildman–Crippen LogP) is 3.61. The van der Waals surface area contributed by atoms with Crippen LogP contribution in [0.4, 0.5) is 0 Å². The Kier molecular flexibility index (Phi) is 2.49. The molecular weight excluding hydrogens is 206 g/mol. The fourth-order valence-corrected chi connectivity index (χ4v) is 2.63. The third-order valence-electron chi connectivity index (χ3n) is 3.54. The first-order valence-electron chi connectivity index (χ1n) is 6.10. The van der Waals surface area contributed by atoms with Crippen molar-refractivity contribution >= 4 is 0 Å². The Hall–Kier alpha value is -1.60. The second kappa shape index (κ2) is 4.01. The van der Waals surface area contributed by atoms with Crippen LogP contribution in [0.3, 0.4) is 0 Å². The van der Waals surface area contributed by atoms with Crippen LogP contribution in [0.1, 0.15) is 16.7 Å². The summed E-state index contributed by atoms with van der Waals surface area (Å²) < 4.78 is 0. The van der Waals surface area contributed by atoms with Gasteiger partial charge in [0.25, 0.3) is 0 Å². The van der Waals surface area contributed by atoms with E-state index in [9.17, 15) is 0 Å². The largest absolute Gasteiger partial charge is 0.298 e. The molecule has 2 aromatic rings. The summed E-state index contributed by atoms with van der Waals surface area (Å²) in [5, 5.41) is 0. The standard InChI is InChI=1S/C16H17N/c1-12-5-3-4-6-16(12)13-7-8-14-10-17(2)11-15(14)9-13/h3-9H,10-11H2,1-2H3. The van der Waals surface area contributed by atoms with Crippen LogP contribution in [-0.2, 0) is 13.1 Å². The summed E-state index contributed by atoms with van der Waals surface area (Å²) in [6, 6.07) is 15.5. The van der Waals surface area contributed by atoms with Gasteiger partial charge in [-0.25, -0.2) is 0 Å². The number of rotatable bonds is 1. The molecule has 0 amide bonds. The lowest BCUT2D eigenvalue weighted by Crippen LogP contribution is -2.07. The van der Waals surface area contributed by atoms with Crippen molar-refractivity contribution in [3.05, 3.63) is 59.2 Å². The molecule has 1 aliphatic heterocycles. The Morgan fingerprint density at radius 1 is 0.941 bits per heavy atom. The molecule has 0 aromatic heterocycles. The third kappa shape index (κ3) is 1.87. The summed E-state index contributed by atoms with van der Waals surface area (Å²) in [5.41, 5.74) is 7.00. The summed E-state index contributed by atoms with van der Waals surface area (Å²) in [7, 11) is 2.17. The smallest absolute Gasteiger partial charge is 0.0237 e. The van der Waals surface area contributed by atoms with Gasteiger partial charge in [-0.05, 0) is 47.9 Å². The Morgan fingerprint density at radius 3 is 2.53 bits per heavy atom. The third-order valence-corrected chi connectivity index (χ3v) is 3.54. The summed E-state index contributed by atoms with van der Waals surface area (Å²) in [5.74, 6) is 0. The molecule has 3 rings (SSSR count). The predicted molar refractivity (Wildman–Crippen MR) is 71.8 cm³/mol. The van der Waals surface area contributed by atoms with E-state index in [2.05, 4.69) is 61.3 Å². The number of aryl methyl sites for hydroxylation is 1. The number of fused-ring (bicyclic) bond motifs is 1. The Morgan fingerprint density at radius 2 is 1.71 bits per heavy atom. The van der Waals surface area contributed by atoms with Gasteiger partial charge in [0, 0.05) is 13.1 Å². The molecule has 0 atom stereocenters. The van der Waals surface area contributed by atoms with Crippen LogP contribution in [0.15, 0.2) is 42.5 Å². The molecule has 0 saturated carbocycles. The normalized spacial score (nSPS) is 14.9. The van der Waals surface area contributed by atoms with E-state index in [0.29, 0.717) is 0 Å². The fourth-order valence-electron chi connectivity index (χ4n) is 2.63. The molecular formula is C16H17N. The van der Waals surface area contributed by atoms with Crippen molar-refractivity contribution in [2.45, 2.75) is 20.0 Å². The zero-order valence-electron chi connectivity index (χ0n) is 10.4. The molecule has 0 unspecified atom stereocenters. The lowest BCUT2D eigenvalue weighted by atomic mass is 9.97. The van der Waals surface area contributed by atoms with Crippen molar-refractivity contribution in [1.82, 2.24) is 4.90 Å². The van der Waals surface area contributed by atoms with Gasteiger partial charge >= 0.3 is 0 Å². The van der Waals surface area contributed by atoms with Crippen molar-refractivity contribution in [2.24, 2.45) is 0 Å². The zero-order chi connectivity index (χ0) is 11.8. The van der Waals surface area contributed by atoms with Gasteiger partial charge < -0.3 is 0 Å². The van der Waals surface area contributed by atoms with E-state index in [4.69, 9.17) is 0 Å². The Balaban J connectivity index is 2.07. The van der Waals surface area contributed by atoms with Gasteiger partial charge in [-0.3, -0.25) is 4.90 Å². The lowest BCUT2D eigenvalue weighted by Gasteiger charge is -2.07. The summed E-state index contributed by atoms with van der Waals surface area (Å²) >= 11 is 0. The lowest BCUT2D eigenvalue weighted by molar-refractivity contribution is 0.353. The average Bonchev–Trinajstić information content (AvgIpc) is 2.68. The van der Waals surface area contributed by atoms with Crippen LogP contribution < -0.4 is 0 Å². The summed E-state index contributed by atoms with van der Waals surface area (Å²) in [6.45, 7) is 4.34. The van der Waals surface area contributed by atoms with E-state index >= 15 is 0 Å². The molecule has 0 aliphatic carbocycles. The maximum Gasteiger partial charge on any atom is 0.0237 e. The molecule has 86 valence electrons. The maximum atomic E-state index is 2.35. The Bertz CT molecular complexity index is 557. The van der Waals surface area contributed by atoms with Crippen molar-refractivity contribution in [3.8, 4) is 11.1 Å². The number of benzene rings is 2. The van der Waals surface area contributed by atoms with E-state index in [1.807, 2.05) is 0 Å². The van der Waals surface area contributed by atoms with E-state index < -0.39 is 0 Å². The topological polar surface area (TPSA) is 3.24 Å². The monoisotopic (exact) mass is 223 g/mol. The maximum absolute atomic E-state index is 2.35. The quantitative estimate of drug-likeness (QED) is 0.714. The molecule has 0 spiro atoms. The highest BCUT2D eigenvalue weighted by Crippen LogP contribution is 2.29. The minimum absolute atomic E-state index is 1.08. The van der Waals surface area contributed by atoms with Crippen molar-refractivity contribution in [2.75, 3.05) is 7.05 Å². The van der Waals surface area contributed by atoms with E-state index in [1.165, 1.54) is 27.8 Å². The number of hydrogen-bond acceptors (Lipinski definition) is 1. The minimum atomic E-state index is 1.08. The minimum Gasteiger partial charge on any atom is -0.298 e.